The summed E-state index contributed by atoms with van der Waals surface area (Å²) >= 11 is 0. The number of ether oxygens (including phenoxy) is 1. The van der Waals surface area contributed by atoms with Crippen LogP contribution in [0.2, 0.25) is 0 Å². The van der Waals surface area contributed by atoms with Crippen molar-refractivity contribution in [3.8, 4) is 0 Å². The highest BCUT2D eigenvalue weighted by Gasteiger charge is 2.31. The van der Waals surface area contributed by atoms with E-state index in [-0.39, 0.29) is 17.4 Å². The average molecular weight is 427 g/mol. The molecule has 1 heterocycles. The number of sulfone groups is 1. The molecule has 1 aromatic heterocycles. The fourth-order valence-electron chi connectivity index (χ4n) is 2.50. The maximum Gasteiger partial charge on any atom is 0.408 e. The zero-order valence-electron chi connectivity index (χ0n) is 17.1. The number of alkyl carbamates (subject to hydrolysis) is 1. The smallest absolute Gasteiger partial charge is 0.408 e. The number of halogens is 1. The zero-order chi connectivity index (χ0) is 21.8. The molecule has 0 bridgehead atoms. The number of hydrogen-bond donors (Lipinski definition) is 1. The van der Waals surface area contributed by atoms with Crippen LogP contribution >= 0.6 is 0 Å². The van der Waals surface area contributed by atoms with E-state index < -0.39 is 44.4 Å². The Morgan fingerprint density at radius 1 is 1.31 bits per heavy atom. The Morgan fingerprint density at radius 3 is 2.59 bits per heavy atom. The van der Waals surface area contributed by atoms with Crippen molar-refractivity contribution in [2.24, 2.45) is 5.92 Å². The molecule has 2 rings (SSSR count). The van der Waals surface area contributed by atoms with Gasteiger partial charge in [-0.3, -0.25) is 0 Å². The van der Waals surface area contributed by atoms with Crippen LogP contribution < -0.4 is 5.32 Å². The Labute approximate surface area is 169 Å². The highest BCUT2D eigenvalue weighted by atomic mass is 32.2. The van der Waals surface area contributed by atoms with Gasteiger partial charge in [0.2, 0.25) is 15.7 Å². The number of hydrogen-bond acceptors (Lipinski definition) is 7. The molecule has 29 heavy (non-hydrogen) atoms. The van der Waals surface area contributed by atoms with E-state index >= 15 is 0 Å². The van der Waals surface area contributed by atoms with Gasteiger partial charge in [0.1, 0.15) is 17.5 Å². The van der Waals surface area contributed by atoms with E-state index in [0.717, 1.165) is 6.07 Å². The Balaban J connectivity index is 2.24. The minimum absolute atomic E-state index is 0.0389. The maximum absolute atomic E-state index is 13.3. The van der Waals surface area contributed by atoms with Crippen molar-refractivity contribution < 1.29 is 26.8 Å². The maximum atomic E-state index is 13.3. The first-order valence-corrected chi connectivity index (χ1v) is 10.9. The first kappa shape index (κ1) is 22.8. The van der Waals surface area contributed by atoms with E-state index in [4.69, 9.17) is 9.15 Å². The SMILES string of the molecule is CC[C@H](C)[C@H](NC(=O)OC(C)(C)C)c1nnc(S(=O)(=O)Cc2cccc(F)c2)o1. The van der Waals surface area contributed by atoms with Crippen LogP contribution in [0, 0.1) is 11.7 Å². The molecule has 10 heteroatoms. The molecule has 2 aromatic rings. The van der Waals surface area contributed by atoms with Gasteiger partial charge < -0.3 is 14.5 Å². The number of nitrogens with zero attached hydrogens (tertiary/aromatic N) is 2. The second kappa shape index (κ2) is 8.89. The molecule has 0 saturated heterocycles. The summed E-state index contributed by atoms with van der Waals surface area (Å²) in [7, 11) is -3.98. The predicted molar refractivity (Wildman–Crippen MR) is 103 cm³/mol. The van der Waals surface area contributed by atoms with E-state index in [9.17, 15) is 17.6 Å². The van der Waals surface area contributed by atoms with Crippen LogP contribution in [0.25, 0.3) is 0 Å². The van der Waals surface area contributed by atoms with E-state index in [1.54, 1.807) is 20.8 Å². The van der Waals surface area contributed by atoms with Crippen molar-refractivity contribution in [1.82, 2.24) is 15.5 Å². The normalized spacial score (nSPS) is 14.3. The third kappa shape index (κ3) is 6.52. The van der Waals surface area contributed by atoms with E-state index in [2.05, 4.69) is 15.5 Å². The molecular formula is C19H26FN3O5S. The number of nitrogens with one attached hydrogen (secondary N) is 1. The molecule has 0 saturated carbocycles. The molecule has 0 radical (unpaired) electrons. The van der Waals surface area contributed by atoms with Gasteiger partial charge in [0.15, 0.2) is 0 Å². The Kier molecular flexibility index (Phi) is 6.99. The second-order valence-corrected chi connectivity index (χ2v) is 9.67. The third-order valence-corrected chi connectivity index (χ3v) is 5.50. The van der Waals surface area contributed by atoms with E-state index in [1.165, 1.54) is 18.2 Å². The van der Waals surface area contributed by atoms with Crippen LogP contribution in [-0.2, 0) is 20.3 Å². The lowest BCUT2D eigenvalue weighted by Gasteiger charge is -2.24. The first-order chi connectivity index (χ1) is 13.4. The van der Waals surface area contributed by atoms with Crippen molar-refractivity contribution in [2.45, 2.75) is 63.7 Å². The summed E-state index contributed by atoms with van der Waals surface area (Å²) in [5.74, 6) is -1.19. The summed E-state index contributed by atoms with van der Waals surface area (Å²) in [4.78, 5) is 12.2. The van der Waals surface area contributed by atoms with E-state index in [1.807, 2.05) is 13.8 Å². The van der Waals surface area contributed by atoms with Crippen LogP contribution in [0.3, 0.4) is 0 Å². The molecular weight excluding hydrogens is 401 g/mol. The number of carbonyl (C=O) groups excluding carboxylic acids is 1. The van der Waals surface area contributed by atoms with Gasteiger partial charge in [-0.25, -0.2) is 17.6 Å². The Hall–Kier alpha value is -2.49. The average Bonchev–Trinajstić information content (AvgIpc) is 3.08. The molecule has 1 aromatic carbocycles. The van der Waals surface area contributed by atoms with Gasteiger partial charge in [0, 0.05) is 0 Å². The minimum Gasteiger partial charge on any atom is -0.444 e. The van der Waals surface area contributed by atoms with E-state index in [0.29, 0.717) is 6.42 Å². The summed E-state index contributed by atoms with van der Waals surface area (Å²) in [6.07, 6.45) is -0.0148. The highest BCUT2D eigenvalue weighted by Crippen LogP contribution is 2.26. The van der Waals surface area contributed by atoms with Crippen LogP contribution in [0.4, 0.5) is 9.18 Å². The molecule has 8 nitrogen and oxygen atoms in total. The van der Waals surface area contributed by atoms with Gasteiger partial charge in [0.05, 0.1) is 5.75 Å². The van der Waals surface area contributed by atoms with Crippen LogP contribution in [0.5, 0.6) is 0 Å². The summed E-state index contributed by atoms with van der Waals surface area (Å²) in [5, 5.41) is 9.53. The second-order valence-electron chi connectivity index (χ2n) is 7.80. The molecule has 0 spiro atoms. The van der Waals surface area contributed by atoms with Gasteiger partial charge >= 0.3 is 11.3 Å². The van der Waals surface area contributed by atoms with Gasteiger partial charge in [-0.2, -0.15) is 0 Å². The quantitative estimate of drug-likeness (QED) is 0.715. The van der Waals surface area contributed by atoms with Crippen LogP contribution in [0.1, 0.15) is 58.5 Å². The lowest BCUT2D eigenvalue weighted by molar-refractivity contribution is 0.0473. The topological polar surface area (TPSA) is 111 Å². The number of benzene rings is 1. The molecule has 1 N–H and O–H groups in total. The standard InChI is InChI=1S/C19H26FN3O5S/c1-6-12(2)15(21-17(24)28-19(3,4)5)16-22-23-18(27-16)29(25,26)11-13-8-7-9-14(20)10-13/h7-10,12,15H,6,11H2,1-5H3,(H,21,24)/t12-,15-/m0/s1. The van der Waals surface area contributed by atoms with Gasteiger partial charge in [-0.05, 0) is 44.4 Å². The largest absolute Gasteiger partial charge is 0.444 e. The van der Waals surface area contributed by atoms with Crippen molar-refractivity contribution in [2.75, 3.05) is 0 Å². The summed E-state index contributed by atoms with van der Waals surface area (Å²) in [6, 6.07) is 4.54. The van der Waals surface area contributed by atoms with Crippen molar-refractivity contribution >= 4 is 15.9 Å². The molecule has 1 amide bonds. The highest BCUT2D eigenvalue weighted by molar-refractivity contribution is 7.90. The minimum atomic E-state index is -3.98. The number of aromatic nitrogens is 2. The monoisotopic (exact) mass is 427 g/mol. The summed E-state index contributed by atoms with van der Waals surface area (Å²) < 4.78 is 49.1. The lowest BCUT2D eigenvalue weighted by atomic mass is 9.99. The molecule has 0 fully saturated rings. The molecule has 160 valence electrons. The van der Waals surface area contributed by atoms with Crippen LogP contribution in [-0.4, -0.2) is 30.3 Å². The summed E-state index contributed by atoms with van der Waals surface area (Å²) in [6.45, 7) is 8.96. The Bertz CT molecular complexity index is 953. The Morgan fingerprint density at radius 2 is 2.00 bits per heavy atom. The van der Waals surface area contributed by atoms with Crippen molar-refractivity contribution in [3.05, 3.63) is 41.5 Å². The van der Waals surface area contributed by atoms with Gasteiger partial charge in [-0.1, -0.05) is 37.5 Å². The fourth-order valence-corrected chi connectivity index (χ4v) is 3.62. The molecule has 0 aliphatic carbocycles. The molecule has 2 atom stereocenters. The molecule has 0 aliphatic rings. The lowest BCUT2D eigenvalue weighted by Crippen LogP contribution is -2.37. The third-order valence-electron chi connectivity index (χ3n) is 4.09. The van der Waals surface area contributed by atoms with Gasteiger partial charge in [-0.15, -0.1) is 5.10 Å². The number of rotatable bonds is 7. The zero-order valence-corrected chi connectivity index (χ0v) is 17.9. The summed E-state index contributed by atoms with van der Waals surface area (Å²) in [5.41, 5.74) is -0.437. The van der Waals surface area contributed by atoms with Crippen molar-refractivity contribution in [3.63, 3.8) is 0 Å². The number of carbonyl (C=O) groups is 1. The van der Waals surface area contributed by atoms with Gasteiger partial charge in [0.25, 0.3) is 0 Å². The predicted octanol–water partition coefficient (Wildman–Crippen LogP) is 3.79. The molecule has 0 unspecified atom stereocenters. The first-order valence-electron chi connectivity index (χ1n) is 9.21. The van der Waals surface area contributed by atoms with Crippen LogP contribution in [0.15, 0.2) is 33.9 Å². The fraction of sp³-hybridized carbons (Fsp3) is 0.526. The van der Waals surface area contributed by atoms with Crippen molar-refractivity contribution in [1.29, 1.82) is 0 Å². The molecule has 0 aliphatic heterocycles. The number of amides is 1.